The van der Waals surface area contributed by atoms with Crippen molar-refractivity contribution in [2.75, 3.05) is 13.6 Å². The van der Waals surface area contributed by atoms with Crippen molar-refractivity contribution < 1.29 is 0 Å². The van der Waals surface area contributed by atoms with E-state index in [4.69, 9.17) is 0 Å². The molecule has 2 rings (SSSR count). The summed E-state index contributed by atoms with van der Waals surface area (Å²) < 4.78 is 0. The Morgan fingerprint density at radius 2 is 2.27 bits per heavy atom. The molecule has 60 valence electrons. The molecule has 2 aliphatic rings. The van der Waals surface area contributed by atoms with Crippen LogP contribution in [-0.4, -0.2) is 29.3 Å². The van der Waals surface area contributed by atoms with Crippen LogP contribution in [0, 0.1) is 0 Å². The molecular formula is C8H13N3. The van der Waals surface area contributed by atoms with Gasteiger partial charge in [-0.05, 0) is 12.8 Å². The van der Waals surface area contributed by atoms with Gasteiger partial charge in [-0.3, -0.25) is 5.01 Å². The highest BCUT2D eigenvalue weighted by Gasteiger charge is 2.26. The predicted molar refractivity (Wildman–Crippen MR) is 44.9 cm³/mol. The van der Waals surface area contributed by atoms with Gasteiger partial charge in [-0.25, -0.2) is 0 Å². The van der Waals surface area contributed by atoms with Gasteiger partial charge in [0.15, 0.2) is 0 Å². The third-order valence-electron chi connectivity index (χ3n) is 2.29. The standard InChI is InChI=1S/C8H13N3/c1-7-10(2)9-8-5-3-4-6-11(7)8/h1,3-6H2,2H3. The Balaban J connectivity index is 2.22. The summed E-state index contributed by atoms with van der Waals surface area (Å²) in [4.78, 5) is 2.21. The molecule has 0 aromatic carbocycles. The molecule has 2 aliphatic heterocycles. The molecule has 3 nitrogen and oxygen atoms in total. The molecule has 0 atom stereocenters. The number of hydrazone groups is 1. The number of hydrogen-bond acceptors (Lipinski definition) is 3. The van der Waals surface area contributed by atoms with Crippen LogP contribution in [0.1, 0.15) is 19.3 Å². The fourth-order valence-corrected chi connectivity index (χ4v) is 1.60. The van der Waals surface area contributed by atoms with Crippen LogP contribution >= 0.6 is 0 Å². The number of amidine groups is 1. The maximum atomic E-state index is 4.37. The number of hydrogen-bond donors (Lipinski definition) is 0. The van der Waals surface area contributed by atoms with E-state index in [1.807, 2.05) is 12.1 Å². The quantitative estimate of drug-likeness (QED) is 0.518. The first-order chi connectivity index (χ1) is 5.29. The fraction of sp³-hybridized carbons (Fsp3) is 0.625. The van der Waals surface area contributed by atoms with E-state index in [9.17, 15) is 0 Å². The molecule has 0 saturated carbocycles. The lowest BCUT2D eigenvalue weighted by Crippen LogP contribution is -2.31. The highest BCUT2D eigenvalue weighted by atomic mass is 15.6. The van der Waals surface area contributed by atoms with Gasteiger partial charge in [0, 0.05) is 20.0 Å². The minimum Gasteiger partial charge on any atom is -0.314 e. The first-order valence-electron chi connectivity index (χ1n) is 4.06. The van der Waals surface area contributed by atoms with Crippen LogP contribution in [0.2, 0.25) is 0 Å². The van der Waals surface area contributed by atoms with Gasteiger partial charge in [0.1, 0.15) is 11.7 Å². The molecule has 1 fully saturated rings. The predicted octanol–water partition coefficient (Wildman–Crippen LogP) is 1.20. The third kappa shape index (κ3) is 0.914. The Kier molecular flexibility index (Phi) is 1.37. The van der Waals surface area contributed by atoms with Crippen molar-refractivity contribution in [3.63, 3.8) is 0 Å². The average molecular weight is 151 g/mol. The first kappa shape index (κ1) is 6.70. The molecule has 0 spiro atoms. The lowest BCUT2D eigenvalue weighted by atomic mass is 10.1. The highest BCUT2D eigenvalue weighted by Crippen LogP contribution is 2.23. The van der Waals surface area contributed by atoms with E-state index in [1.54, 1.807) is 0 Å². The van der Waals surface area contributed by atoms with E-state index in [0.717, 1.165) is 18.8 Å². The maximum absolute atomic E-state index is 4.37. The van der Waals surface area contributed by atoms with Crippen molar-refractivity contribution in [2.45, 2.75) is 19.3 Å². The van der Waals surface area contributed by atoms with Gasteiger partial charge in [0.25, 0.3) is 0 Å². The summed E-state index contributed by atoms with van der Waals surface area (Å²) in [6.45, 7) is 5.06. The van der Waals surface area contributed by atoms with E-state index >= 15 is 0 Å². The van der Waals surface area contributed by atoms with Crippen molar-refractivity contribution in [1.29, 1.82) is 0 Å². The molecule has 1 saturated heterocycles. The summed E-state index contributed by atoms with van der Waals surface area (Å²) in [7, 11) is 1.95. The summed E-state index contributed by atoms with van der Waals surface area (Å²) in [6.07, 6.45) is 3.66. The molecule has 0 aliphatic carbocycles. The Hall–Kier alpha value is -0.990. The van der Waals surface area contributed by atoms with Crippen LogP contribution in [-0.2, 0) is 0 Å². The minimum atomic E-state index is 1.03. The van der Waals surface area contributed by atoms with Crippen LogP contribution < -0.4 is 0 Å². The summed E-state index contributed by atoms with van der Waals surface area (Å²) in [5.41, 5.74) is 0. The molecule has 0 unspecified atom stereocenters. The fourth-order valence-electron chi connectivity index (χ4n) is 1.60. The number of rotatable bonds is 0. The normalized spacial score (nSPS) is 23.7. The zero-order valence-electron chi connectivity index (χ0n) is 6.88. The van der Waals surface area contributed by atoms with Crippen molar-refractivity contribution in [1.82, 2.24) is 9.91 Å². The molecule has 0 amide bonds. The topological polar surface area (TPSA) is 18.8 Å². The van der Waals surface area contributed by atoms with Gasteiger partial charge in [0.2, 0.25) is 0 Å². The Bertz CT molecular complexity index is 219. The Labute approximate surface area is 67.0 Å². The summed E-state index contributed by atoms with van der Waals surface area (Å²) in [5.74, 6) is 2.23. The molecule has 0 bridgehead atoms. The van der Waals surface area contributed by atoms with Crippen molar-refractivity contribution in [3.8, 4) is 0 Å². The smallest absolute Gasteiger partial charge is 0.131 e. The van der Waals surface area contributed by atoms with Gasteiger partial charge in [-0.1, -0.05) is 6.58 Å². The lowest BCUT2D eigenvalue weighted by molar-refractivity contribution is 0.359. The van der Waals surface area contributed by atoms with Crippen LogP contribution in [0.25, 0.3) is 0 Å². The average Bonchev–Trinajstić information content (AvgIpc) is 2.30. The number of nitrogens with zero attached hydrogens (tertiary/aromatic N) is 3. The molecular weight excluding hydrogens is 138 g/mol. The maximum Gasteiger partial charge on any atom is 0.131 e. The first-order valence-corrected chi connectivity index (χ1v) is 4.06. The molecule has 0 aromatic rings. The van der Waals surface area contributed by atoms with Crippen LogP contribution in [0.4, 0.5) is 0 Å². The van der Waals surface area contributed by atoms with E-state index in [-0.39, 0.29) is 0 Å². The minimum absolute atomic E-state index is 1.03. The van der Waals surface area contributed by atoms with Gasteiger partial charge in [0.05, 0.1) is 0 Å². The monoisotopic (exact) mass is 151 g/mol. The van der Waals surface area contributed by atoms with Crippen molar-refractivity contribution in [2.24, 2.45) is 5.10 Å². The van der Waals surface area contributed by atoms with Crippen LogP contribution in [0.5, 0.6) is 0 Å². The molecule has 0 aromatic heterocycles. The van der Waals surface area contributed by atoms with E-state index in [2.05, 4.69) is 16.6 Å². The Morgan fingerprint density at radius 3 is 3.00 bits per heavy atom. The van der Waals surface area contributed by atoms with E-state index < -0.39 is 0 Å². The molecule has 11 heavy (non-hydrogen) atoms. The molecule has 3 heteroatoms. The second kappa shape index (κ2) is 2.26. The van der Waals surface area contributed by atoms with Crippen LogP contribution in [0.15, 0.2) is 17.5 Å². The Morgan fingerprint density at radius 1 is 1.45 bits per heavy atom. The molecule has 0 radical (unpaired) electrons. The van der Waals surface area contributed by atoms with Gasteiger partial charge in [-0.2, -0.15) is 5.10 Å². The summed E-state index contributed by atoms with van der Waals surface area (Å²) in [5, 5.41) is 6.23. The number of fused-ring (bicyclic) bond motifs is 1. The lowest BCUT2D eigenvalue weighted by Gasteiger charge is -2.25. The zero-order chi connectivity index (χ0) is 7.84. The highest BCUT2D eigenvalue weighted by molar-refractivity contribution is 5.85. The summed E-state index contributed by atoms with van der Waals surface area (Å²) in [6, 6.07) is 0. The molecule has 0 N–H and O–H groups in total. The van der Waals surface area contributed by atoms with Crippen LogP contribution in [0.3, 0.4) is 0 Å². The summed E-state index contributed by atoms with van der Waals surface area (Å²) >= 11 is 0. The van der Waals surface area contributed by atoms with Gasteiger partial charge < -0.3 is 4.90 Å². The second-order valence-electron chi connectivity index (χ2n) is 3.06. The molecule has 2 heterocycles. The SMILES string of the molecule is C=C1N(C)N=C2CCCCN12. The third-order valence-corrected chi connectivity index (χ3v) is 2.29. The van der Waals surface area contributed by atoms with Crippen molar-refractivity contribution in [3.05, 3.63) is 12.4 Å². The zero-order valence-corrected chi connectivity index (χ0v) is 6.88. The van der Waals surface area contributed by atoms with Crippen molar-refractivity contribution >= 4 is 5.84 Å². The van der Waals surface area contributed by atoms with Gasteiger partial charge in [-0.15, -0.1) is 0 Å². The van der Waals surface area contributed by atoms with Gasteiger partial charge >= 0.3 is 0 Å². The largest absolute Gasteiger partial charge is 0.314 e. The van der Waals surface area contributed by atoms with E-state index in [0.29, 0.717) is 0 Å². The van der Waals surface area contributed by atoms with E-state index in [1.165, 1.54) is 18.7 Å². The second-order valence-corrected chi connectivity index (χ2v) is 3.06. The number of piperidine rings is 1.